The Morgan fingerprint density at radius 3 is 2.35 bits per heavy atom. The van der Waals surface area contributed by atoms with Crippen LogP contribution in [0.25, 0.3) is 0 Å². The van der Waals surface area contributed by atoms with Gasteiger partial charge in [0.15, 0.2) is 0 Å². The minimum Gasteiger partial charge on any atom is -0.314 e. The van der Waals surface area contributed by atoms with Gasteiger partial charge >= 0.3 is 0 Å². The highest BCUT2D eigenvalue weighted by Gasteiger charge is 2.28. The number of unbranched alkanes of at least 4 members (excludes halogenated alkanes) is 4. The monoisotopic (exact) mass is 239 g/mol. The first-order valence-corrected chi connectivity index (χ1v) is 7.90. The fourth-order valence-electron chi connectivity index (χ4n) is 2.98. The highest BCUT2D eigenvalue weighted by atomic mass is 14.9. The van der Waals surface area contributed by atoms with Gasteiger partial charge in [0.2, 0.25) is 0 Å². The van der Waals surface area contributed by atoms with Gasteiger partial charge in [0.05, 0.1) is 0 Å². The van der Waals surface area contributed by atoms with Gasteiger partial charge in [0.25, 0.3) is 0 Å². The highest BCUT2D eigenvalue weighted by molar-refractivity contribution is 4.83. The first-order valence-electron chi connectivity index (χ1n) is 7.90. The second kappa shape index (κ2) is 8.13. The Bertz CT molecular complexity index is 182. The Kier molecular flexibility index (Phi) is 7.18. The quantitative estimate of drug-likeness (QED) is 0.564. The summed E-state index contributed by atoms with van der Waals surface area (Å²) < 4.78 is 0. The van der Waals surface area contributed by atoms with E-state index in [1.807, 2.05) is 0 Å². The van der Waals surface area contributed by atoms with Crippen LogP contribution in [-0.4, -0.2) is 12.6 Å². The molecule has 1 aliphatic rings. The van der Waals surface area contributed by atoms with Gasteiger partial charge in [0, 0.05) is 12.6 Å². The molecule has 1 N–H and O–H groups in total. The molecule has 0 aromatic rings. The average molecular weight is 239 g/mol. The number of hydrogen-bond donors (Lipinski definition) is 1. The maximum Gasteiger partial charge on any atom is 0.00389 e. The van der Waals surface area contributed by atoms with Gasteiger partial charge < -0.3 is 5.32 Å². The molecule has 1 unspecified atom stereocenters. The van der Waals surface area contributed by atoms with Crippen molar-refractivity contribution in [3.63, 3.8) is 0 Å². The molecule has 0 bridgehead atoms. The zero-order valence-corrected chi connectivity index (χ0v) is 12.4. The van der Waals surface area contributed by atoms with Gasteiger partial charge in [-0.3, -0.25) is 0 Å². The van der Waals surface area contributed by atoms with Crippen LogP contribution in [0.2, 0.25) is 0 Å². The molecule has 0 aromatic heterocycles. The van der Waals surface area contributed by atoms with Crippen molar-refractivity contribution in [2.45, 2.75) is 91.0 Å². The van der Waals surface area contributed by atoms with Crippen LogP contribution in [0, 0.1) is 5.41 Å². The summed E-state index contributed by atoms with van der Waals surface area (Å²) in [6, 6.07) is 0.717. The predicted octanol–water partition coefficient (Wildman–Crippen LogP) is 4.91. The number of hydrogen-bond acceptors (Lipinski definition) is 1. The molecule has 1 atom stereocenters. The van der Waals surface area contributed by atoms with Crippen LogP contribution in [-0.2, 0) is 0 Å². The molecule has 0 amide bonds. The maximum atomic E-state index is 3.76. The zero-order valence-electron chi connectivity index (χ0n) is 12.4. The fourth-order valence-corrected chi connectivity index (χ4v) is 2.98. The first-order chi connectivity index (χ1) is 8.16. The second-order valence-electron chi connectivity index (χ2n) is 6.50. The van der Waals surface area contributed by atoms with Crippen LogP contribution < -0.4 is 5.32 Å². The molecule has 1 rings (SSSR count). The van der Waals surface area contributed by atoms with E-state index in [0.29, 0.717) is 11.5 Å². The molecule has 1 nitrogen and oxygen atoms in total. The molecule has 0 spiro atoms. The third-order valence-corrected chi connectivity index (χ3v) is 4.43. The normalized spacial score (nSPS) is 20.6. The SMILES string of the molecule is CCCCCCCC(C)NCC1(C)CCCC1. The number of rotatable bonds is 9. The maximum absolute atomic E-state index is 3.76. The van der Waals surface area contributed by atoms with Crippen LogP contribution in [0.5, 0.6) is 0 Å². The Hall–Kier alpha value is -0.0400. The van der Waals surface area contributed by atoms with E-state index in [1.165, 1.54) is 70.8 Å². The molecular weight excluding hydrogens is 206 g/mol. The van der Waals surface area contributed by atoms with Gasteiger partial charge in [-0.25, -0.2) is 0 Å². The first kappa shape index (κ1) is 15.0. The zero-order chi connectivity index (χ0) is 12.6. The summed E-state index contributed by atoms with van der Waals surface area (Å²) in [5.74, 6) is 0. The summed E-state index contributed by atoms with van der Waals surface area (Å²) >= 11 is 0. The van der Waals surface area contributed by atoms with E-state index >= 15 is 0 Å². The molecule has 0 aromatic carbocycles. The molecule has 102 valence electrons. The molecule has 0 aliphatic heterocycles. The second-order valence-corrected chi connectivity index (χ2v) is 6.50. The van der Waals surface area contributed by atoms with Crippen molar-refractivity contribution in [2.24, 2.45) is 5.41 Å². The van der Waals surface area contributed by atoms with Gasteiger partial charge in [-0.15, -0.1) is 0 Å². The van der Waals surface area contributed by atoms with Gasteiger partial charge in [-0.2, -0.15) is 0 Å². The van der Waals surface area contributed by atoms with Crippen LogP contribution in [0.4, 0.5) is 0 Å². The Morgan fingerprint density at radius 1 is 1.06 bits per heavy atom. The Morgan fingerprint density at radius 2 is 1.71 bits per heavy atom. The van der Waals surface area contributed by atoms with Crippen LogP contribution in [0.15, 0.2) is 0 Å². The molecule has 1 fully saturated rings. The molecule has 1 heteroatoms. The van der Waals surface area contributed by atoms with E-state index in [1.54, 1.807) is 0 Å². The lowest BCUT2D eigenvalue weighted by Crippen LogP contribution is -2.35. The summed E-state index contributed by atoms with van der Waals surface area (Å²) in [5, 5.41) is 3.76. The lowest BCUT2D eigenvalue weighted by Gasteiger charge is -2.26. The molecular formula is C16H33N. The van der Waals surface area contributed by atoms with E-state index in [4.69, 9.17) is 0 Å². The van der Waals surface area contributed by atoms with Gasteiger partial charge in [-0.1, -0.05) is 58.8 Å². The Balaban J connectivity index is 1.99. The molecule has 17 heavy (non-hydrogen) atoms. The predicted molar refractivity (Wildman–Crippen MR) is 77.4 cm³/mol. The van der Waals surface area contributed by atoms with Crippen LogP contribution in [0.1, 0.15) is 85.0 Å². The molecule has 0 heterocycles. The lowest BCUT2D eigenvalue weighted by atomic mass is 9.88. The van der Waals surface area contributed by atoms with Crippen LogP contribution in [0.3, 0.4) is 0 Å². The molecule has 0 radical (unpaired) electrons. The molecule has 1 aliphatic carbocycles. The summed E-state index contributed by atoms with van der Waals surface area (Å²) in [7, 11) is 0. The topological polar surface area (TPSA) is 12.0 Å². The molecule has 1 saturated carbocycles. The minimum absolute atomic E-state index is 0.608. The Labute approximate surface area is 109 Å². The van der Waals surface area contributed by atoms with E-state index in [9.17, 15) is 0 Å². The summed E-state index contributed by atoms with van der Waals surface area (Å²) in [4.78, 5) is 0. The van der Waals surface area contributed by atoms with Crippen molar-refractivity contribution in [1.29, 1.82) is 0 Å². The standard InChI is InChI=1S/C16H33N/c1-4-5-6-7-8-11-15(2)17-14-16(3)12-9-10-13-16/h15,17H,4-14H2,1-3H3. The summed E-state index contributed by atoms with van der Waals surface area (Å²) in [6.45, 7) is 8.34. The number of nitrogens with one attached hydrogen (secondary N) is 1. The average Bonchev–Trinajstić information content (AvgIpc) is 2.74. The third kappa shape index (κ3) is 6.45. The van der Waals surface area contributed by atoms with Crippen molar-refractivity contribution < 1.29 is 0 Å². The van der Waals surface area contributed by atoms with E-state index in [-0.39, 0.29) is 0 Å². The molecule has 0 saturated heterocycles. The van der Waals surface area contributed by atoms with E-state index < -0.39 is 0 Å². The van der Waals surface area contributed by atoms with E-state index in [0.717, 1.165) is 0 Å². The highest BCUT2D eigenvalue weighted by Crippen LogP contribution is 2.36. The van der Waals surface area contributed by atoms with Crippen molar-refractivity contribution >= 4 is 0 Å². The summed E-state index contributed by atoms with van der Waals surface area (Å²) in [6.07, 6.45) is 14.2. The van der Waals surface area contributed by atoms with Crippen molar-refractivity contribution in [3.05, 3.63) is 0 Å². The van der Waals surface area contributed by atoms with Crippen LogP contribution >= 0.6 is 0 Å². The van der Waals surface area contributed by atoms with Crippen molar-refractivity contribution in [1.82, 2.24) is 5.32 Å². The van der Waals surface area contributed by atoms with Gasteiger partial charge in [-0.05, 0) is 31.6 Å². The van der Waals surface area contributed by atoms with Crippen molar-refractivity contribution in [2.75, 3.05) is 6.54 Å². The smallest absolute Gasteiger partial charge is 0.00389 e. The largest absolute Gasteiger partial charge is 0.314 e. The van der Waals surface area contributed by atoms with E-state index in [2.05, 4.69) is 26.1 Å². The minimum atomic E-state index is 0.608. The van der Waals surface area contributed by atoms with Crippen molar-refractivity contribution in [3.8, 4) is 0 Å². The van der Waals surface area contributed by atoms with Gasteiger partial charge in [0.1, 0.15) is 0 Å². The summed E-state index contributed by atoms with van der Waals surface area (Å²) in [5.41, 5.74) is 0.608. The third-order valence-electron chi connectivity index (χ3n) is 4.43. The fraction of sp³-hybridized carbons (Fsp3) is 1.00. The lowest BCUT2D eigenvalue weighted by molar-refractivity contribution is 0.295.